The highest BCUT2D eigenvalue weighted by molar-refractivity contribution is 14.1. The molecular formula is C26H29FIN7O2. The van der Waals surface area contributed by atoms with E-state index in [1.54, 1.807) is 6.07 Å². The van der Waals surface area contributed by atoms with Gasteiger partial charge in [-0.15, -0.1) is 0 Å². The number of anilines is 3. The van der Waals surface area contributed by atoms with Crippen molar-refractivity contribution >= 4 is 51.8 Å². The van der Waals surface area contributed by atoms with Crippen LogP contribution in [0.25, 0.3) is 11.4 Å². The van der Waals surface area contributed by atoms with Crippen molar-refractivity contribution in [3.8, 4) is 17.1 Å². The van der Waals surface area contributed by atoms with E-state index in [0.29, 0.717) is 17.3 Å². The molecule has 4 N–H and O–H groups in total. The number of nitrogens with zero attached hydrogens (tertiary/aromatic N) is 3. The minimum absolute atomic E-state index is 0.0519. The van der Waals surface area contributed by atoms with Crippen LogP contribution >= 0.6 is 22.6 Å². The molecule has 0 bridgehead atoms. The van der Waals surface area contributed by atoms with Crippen molar-refractivity contribution in [2.45, 2.75) is 18.9 Å². The zero-order chi connectivity index (χ0) is 26.5. The Bertz CT molecular complexity index is 1320. The van der Waals surface area contributed by atoms with Gasteiger partial charge in [0.2, 0.25) is 0 Å². The molecule has 0 saturated carbocycles. The largest absolute Gasteiger partial charge is 0.496 e. The van der Waals surface area contributed by atoms with Gasteiger partial charge in [-0.25, -0.2) is 14.4 Å². The van der Waals surface area contributed by atoms with Crippen molar-refractivity contribution < 1.29 is 13.9 Å². The minimum atomic E-state index is -0.545. The van der Waals surface area contributed by atoms with E-state index in [-0.39, 0.29) is 22.8 Å². The fourth-order valence-electron chi connectivity index (χ4n) is 4.59. The molecule has 1 unspecified atom stereocenters. The Morgan fingerprint density at radius 1 is 1.32 bits per heavy atom. The second-order valence-electron chi connectivity index (χ2n) is 8.55. The topological polar surface area (TPSA) is 115 Å². The Kier molecular flexibility index (Phi) is 8.54. The monoisotopic (exact) mass is 617 g/mol. The lowest BCUT2D eigenvalue weighted by molar-refractivity contribution is 0.102. The van der Waals surface area contributed by atoms with Crippen LogP contribution in [0.1, 0.15) is 28.9 Å². The van der Waals surface area contributed by atoms with Gasteiger partial charge in [0.05, 0.1) is 29.7 Å². The number of hydrogen-bond acceptors (Lipinski definition) is 8. The van der Waals surface area contributed by atoms with Gasteiger partial charge in [-0.2, -0.15) is 0 Å². The van der Waals surface area contributed by atoms with Crippen LogP contribution in [0.15, 0.2) is 36.5 Å². The summed E-state index contributed by atoms with van der Waals surface area (Å²) in [5, 5.41) is 17.7. The molecule has 2 heterocycles. The molecule has 1 fully saturated rings. The first-order chi connectivity index (χ1) is 17.9. The van der Waals surface area contributed by atoms with E-state index in [0.717, 1.165) is 40.9 Å². The number of rotatable bonds is 8. The zero-order valence-electron chi connectivity index (χ0n) is 20.9. The lowest BCUT2D eigenvalue weighted by Crippen LogP contribution is -2.45. The number of aromatic nitrogens is 2. The summed E-state index contributed by atoms with van der Waals surface area (Å²) in [4.78, 5) is 24.2. The highest BCUT2D eigenvalue weighted by atomic mass is 127. The Labute approximate surface area is 228 Å². The van der Waals surface area contributed by atoms with Crippen LogP contribution in [0, 0.1) is 14.8 Å². The molecule has 1 amide bonds. The molecule has 9 nitrogen and oxygen atoms in total. The van der Waals surface area contributed by atoms with Crippen LogP contribution < -0.4 is 25.6 Å². The number of likely N-dealkylation sites (N-methyl/N-ethyl adjacent to an activating group) is 1. The summed E-state index contributed by atoms with van der Waals surface area (Å²) in [6.07, 6.45) is 4.77. The third-order valence-corrected chi connectivity index (χ3v) is 7.24. The van der Waals surface area contributed by atoms with Gasteiger partial charge < -0.3 is 31.0 Å². The van der Waals surface area contributed by atoms with Crippen molar-refractivity contribution in [2.75, 3.05) is 49.8 Å². The number of amides is 1. The van der Waals surface area contributed by atoms with Crippen LogP contribution in [-0.2, 0) is 0 Å². The molecule has 11 heteroatoms. The van der Waals surface area contributed by atoms with Gasteiger partial charge in [-0.05, 0) is 66.7 Å². The van der Waals surface area contributed by atoms with Gasteiger partial charge in [0.15, 0.2) is 5.82 Å². The summed E-state index contributed by atoms with van der Waals surface area (Å²) in [5.41, 5.74) is 3.04. The van der Waals surface area contributed by atoms with E-state index in [4.69, 9.17) is 10.1 Å². The lowest BCUT2D eigenvalue weighted by atomic mass is 10.0. The first kappa shape index (κ1) is 26.7. The van der Waals surface area contributed by atoms with E-state index < -0.39 is 11.7 Å². The van der Waals surface area contributed by atoms with Crippen molar-refractivity contribution in [1.29, 1.82) is 5.41 Å². The molecule has 4 rings (SSSR count). The maximum absolute atomic E-state index is 14.6. The number of piperidine rings is 1. The SMILES string of the molecule is CNc1c(I)cc(NC(=O)c2ccnc(-c3c(F)cccc3OC)n2)c(N2CCCC(NC)C2)c1C=N. The number of hydrogen-bond donors (Lipinski definition) is 4. The number of carbonyl (C=O) groups excluding carboxylic acids is 1. The van der Waals surface area contributed by atoms with E-state index >= 15 is 0 Å². The smallest absolute Gasteiger partial charge is 0.274 e. The first-order valence-electron chi connectivity index (χ1n) is 11.9. The third kappa shape index (κ3) is 5.52. The molecule has 2 aromatic carbocycles. The third-order valence-electron chi connectivity index (χ3n) is 6.38. The fraction of sp³-hybridized carbons (Fsp3) is 0.308. The standard InChI is InChI=1S/C26H29FIN7O2/c1-30-15-6-5-11-35(14-15)24-16(13-29)23(31-2)18(28)12-20(24)34-26(36)19-9-10-32-25(33-19)22-17(27)7-4-8-21(22)37-3/h4,7-10,12-13,15,29-31H,5-6,11,14H2,1-3H3,(H,34,36). The predicted octanol–water partition coefficient (Wildman–Crippen LogP) is 4.38. The van der Waals surface area contributed by atoms with Gasteiger partial charge in [0.1, 0.15) is 17.3 Å². The molecular weight excluding hydrogens is 588 g/mol. The van der Waals surface area contributed by atoms with Crippen LogP contribution in [0.5, 0.6) is 5.75 Å². The maximum Gasteiger partial charge on any atom is 0.274 e. The number of halogens is 2. The summed E-state index contributed by atoms with van der Waals surface area (Å²) in [6, 6.07) is 8.11. The molecule has 0 spiro atoms. The van der Waals surface area contributed by atoms with Crippen LogP contribution in [0.2, 0.25) is 0 Å². The molecule has 1 saturated heterocycles. The fourth-order valence-corrected chi connectivity index (χ4v) is 5.46. The molecule has 1 aromatic heterocycles. The number of carbonyl (C=O) groups is 1. The second kappa shape index (κ2) is 11.8. The number of benzene rings is 2. The maximum atomic E-state index is 14.6. The Morgan fingerprint density at radius 2 is 2.14 bits per heavy atom. The zero-order valence-corrected chi connectivity index (χ0v) is 23.0. The van der Waals surface area contributed by atoms with Gasteiger partial charge in [-0.3, -0.25) is 4.79 Å². The van der Waals surface area contributed by atoms with Crippen LogP contribution in [0.4, 0.5) is 21.5 Å². The van der Waals surface area contributed by atoms with Crippen molar-refractivity contribution in [3.63, 3.8) is 0 Å². The van der Waals surface area contributed by atoms with Gasteiger partial charge in [0, 0.05) is 47.7 Å². The molecule has 1 atom stereocenters. The molecule has 194 valence electrons. The van der Waals surface area contributed by atoms with Gasteiger partial charge in [0.25, 0.3) is 5.91 Å². The Hall–Kier alpha value is -3.32. The van der Waals surface area contributed by atoms with E-state index in [2.05, 4.69) is 53.4 Å². The summed E-state index contributed by atoms with van der Waals surface area (Å²) >= 11 is 2.19. The van der Waals surface area contributed by atoms with Crippen LogP contribution in [0.3, 0.4) is 0 Å². The molecule has 3 aromatic rings. The lowest BCUT2D eigenvalue weighted by Gasteiger charge is -2.37. The molecule has 1 aliphatic rings. The highest BCUT2D eigenvalue weighted by Gasteiger charge is 2.26. The molecule has 1 aliphatic heterocycles. The van der Waals surface area contributed by atoms with Gasteiger partial charge in [-0.1, -0.05) is 6.07 Å². The molecule has 0 aliphatic carbocycles. The quantitative estimate of drug-likeness (QED) is 0.219. The summed E-state index contributed by atoms with van der Waals surface area (Å²) in [5.74, 6) is -0.685. The van der Waals surface area contributed by atoms with E-state index in [1.165, 1.54) is 37.7 Å². The van der Waals surface area contributed by atoms with Gasteiger partial charge >= 0.3 is 0 Å². The number of methoxy groups -OCH3 is 1. The average Bonchev–Trinajstić information content (AvgIpc) is 2.92. The van der Waals surface area contributed by atoms with Crippen molar-refractivity contribution in [3.05, 3.63) is 57.2 Å². The minimum Gasteiger partial charge on any atom is -0.496 e. The van der Waals surface area contributed by atoms with Crippen molar-refractivity contribution in [1.82, 2.24) is 15.3 Å². The van der Waals surface area contributed by atoms with E-state index in [1.807, 2.05) is 20.2 Å². The molecule has 37 heavy (non-hydrogen) atoms. The Morgan fingerprint density at radius 3 is 2.84 bits per heavy atom. The van der Waals surface area contributed by atoms with Crippen LogP contribution in [-0.4, -0.2) is 62.4 Å². The Balaban J connectivity index is 1.74. The highest BCUT2D eigenvalue weighted by Crippen LogP contribution is 2.39. The first-order valence-corrected chi connectivity index (χ1v) is 12.9. The predicted molar refractivity (Wildman–Crippen MR) is 153 cm³/mol. The normalized spacial score (nSPS) is 15.3. The number of ether oxygens (including phenoxy) is 1. The average molecular weight is 617 g/mol. The summed E-state index contributed by atoms with van der Waals surface area (Å²) < 4.78 is 20.8. The van der Waals surface area contributed by atoms with E-state index in [9.17, 15) is 9.18 Å². The second-order valence-corrected chi connectivity index (χ2v) is 9.71. The molecule has 0 radical (unpaired) electrons. The summed E-state index contributed by atoms with van der Waals surface area (Å²) in [7, 11) is 5.20. The van der Waals surface area contributed by atoms with Crippen molar-refractivity contribution in [2.24, 2.45) is 0 Å². The summed E-state index contributed by atoms with van der Waals surface area (Å²) in [6.45, 7) is 1.55. The number of nitrogens with one attached hydrogen (secondary N) is 4.